The van der Waals surface area contributed by atoms with Crippen LogP contribution in [0.5, 0.6) is 0 Å². The van der Waals surface area contributed by atoms with Gasteiger partial charge < -0.3 is 4.90 Å². The monoisotopic (exact) mass is 165 g/mol. The smallest absolute Gasteiger partial charge is 0.127 e. The van der Waals surface area contributed by atoms with Crippen molar-refractivity contribution in [2.24, 2.45) is 0 Å². The molecule has 0 saturated heterocycles. The summed E-state index contributed by atoms with van der Waals surface area (Å²) in [6.45, 7) is 8.81. The van der Waals surface area contributed by atoms with Gasteiger partial charge in [-0.05, 0) is 20.8 Å². The Morgan fingerprint density at radius 3 is 2.75 bits per heavy atom. The van der Waals surface area contributed by atoms with Crippen LogP contribution in [0.3, 0.4) is 0 Å². The van der Waals surface area contributed by atoms with Gasteiger partial charge in [-0.2, -0.15) is 5.10 Å². The summed E-state index contributed by atoms with van der Waals surface area (Å²) in [5, 5.41) is 4.24. The molecule has 0 spiro atoms. The lowest BCUT2D eigenvalue weighted by Gasteiger charge is -2.32. The molecule has 2 rings (SSSR count). The van der Waals surface area contributed by atoms with Crippen LogP contribution in [-0.2, 0) is 6.54 Å². The molecule has 2 heterocycles. The van der Waals surface area contributed by atoms with Gasteiger partial charge in [0.15, 0.2) is 0 Å². The van der Waals surface area contributed by atoms with E-state index in [0.717, 1.165) is 13.1 Å². The van der Waals surface area contributed by atoms with E-state index < -0.39 is 0 Å². The van der Waals surface area contributed by atoms with E-state index in [2.05, 4.69) is 41.5 Å². The molecule has 0 aliphatic carbocycles. The van der Waals surface area contributed by atoms with Crippen molar-refractivity contribution in [1.82, 2.24) is 9.78 Å². The molecule has 66 valence electrons. The minimum atomic E-state index is 0.217. The fourth-order valence-electron chi connectivity index (χ4n) is 1.72. The number of fused-ring (bicyclic) bond motifs is 1. The van der Waals surface area contributed by atoms with Crippen molar-refractivity contribution in [2.45, 2.75) is 32.9 Å². The largest absolute Gasteiger partial charge is 0.350 e. The molecule has 12 heavy (non-hydrogen) atoms. The molecule has 0 aromatic carbocycles. The average molecular weight is 165 g/mol. The lowest BCUT2D eigenvalue weighted by molar-refractivity contribution is 0.516. The van der Waals surface area contributed by atoms with Gasteiger partial charge in [0, 0.05) is 18.2 Å². The molecular weight excluding hydrogens is 150 g/mol. The predicted molar refractivity (Wildman–Crippen MR) is 49.3 cm³/mol. The highest BCUT2D eigenvalue weighted by molar-refractivity contribution is 5.44. The molecule has 0 N–H and O–H groups in total. The zero-order valence-corrected chi connectivity index (χ0v) is 7.91. The highest BCUT2D eigenvalue weighted by Crippen LogP contribution is 2.27. The van der Waals surface area contributed by atoms with Gasteiger partial charge in [-0.1, -0.05) is 0 Å². The maximum absolute atomic E-state index is 4.24. The second-order valence-corrected chi connectivity index (χ2v) is 4.24. The van der Waals surface area contributed by atoms with Crippen molar-refractivity contribution in [3.63, 3.8) is 0 Å². The van der Waals surface area contributed by atoms with Crippen LogP contribution < -0.4 is 4.90 Å². The maximum Gasteiger partial charge on any atom is 0.127 e. The lowest BCUT2D eigenvalue weighted by Crippen LogP contribution is -2.39. The predicted octanol–water partition coefficient (Wildman–Crippen LogP) is 1.50. The van der Waals surface area contributed by atoms with E-state index in [0.29, 0.717) is 0 Å². The number of nitrogens with zero attached hydrogens (tertiary/aromatic N) is 3. The zero-order chi connectivity index (χ0) is 8.77. The number of aromatic nitrogens is 2. The Kier molecular flexibility index (Phi) is 1.43. The van der Waals surface area contributed by atoms with Gasteiger partial charge in [0.1, 0.15) is 5.82 Å². The fourth-order valence-corrected chi connectivity index (χ4v) is 1.72. The van der Waals surface area contributed by atoms with Crippen LogP contribution in [0.15, 0.2) is 12.3 Å². The van der Waals surface area contributed by atoms with Crippen molar-refractivity contribution >= 4 is 5.82 Å². The van der Waals surface area contributed by atoms with Crippen molar-refractivity contribution in [2.75, 3.05) is 11.4 Å². The van der Waals surface area contributed by atoms with E-state index in [1.54, 1.807) is 0 Å². The molecule has 1 aliphatic heterocycles. The van der Waals surface area contributed by atoms with Crippen molar-refractivity contribution in [3.05, 3.63) is 12.3 Å². The van der Waals surface area contributed by atoms with E-state index in [9.17, 15) is 0 Å². The van der Waals surface area contributed by atoms with Gasteiger partial charge in [0.25, 0.3) is 0 Å². The van der Waals surface area contributed by atoms with Crippen molar-refractivity contribution in [3.8, 4) is 0 Å². The summed E-state index contributed by atoms with van der Waals surface area (Å²) in [5.41, 5.74) is 0.217. The first-order valence-electron chi connectivity index (χ1n) is 4.38. The molecule has 0 radical (unpaired) electrons. The van der Waals surface area contributed by atoms with Crippen LogP contribution in [0, 0.1) is 0 Å². The third-order valence-electron chi connectivity index (χ3n) is 2.32. The second-order valence-electron chi connectivity index (χ2n) is 4.24. The molecular formula is C9H15N3. The van der Waals surface area contributed by atoms with Gasteiger partial charge in [0.2, 0.25) is 0 Å². The van der Waals surface area contributed by atoms with Crippen molar-refractivity contribution < 1.29 is 0 Å². The number of rotatable bonds is 0. The summed E-state index contributed by atoms with van der Waals surface area (Å²) in [5.74, 6) is 1.25. The zero-order valence-electron chi connectivity index (χ0n) is 7.91. The van der Waals surface area contributed by atoms with Crippen LogP contribution in [0.2, 0.25) is 0 Å². The molecule has 0 bridgehead atoms. The number of hydrogen-bond acceptors (Lipinski definition) is 2. The number of anilines is 1. The molecule has 3 nitrogen and oxygen atoms in total. The Morgan fingerprint density at radius 1 is 1.33 bits per heavy atom. The van der Waals surface area contributed by atoms with Gasteiger partial charge in [-0.25, -0.2) is 4.68 Å². The summed E-state index contributed by atoms with van der Waals surface area (Å²) < 4.78 is 2.06. The summed E-state index contributed by atoms with van der Waals surface area (Å²) in [6, 6.07) is 2.08. The van der Waals surface area contributed by atoms with Crippen molar-refractivity contribution in [1.29, 1.82) is 0 Å². The molecule has 3 heteroatoms. The van der Waals surface area contributed by atoms with Crippen LogP contribution in [0.1, 0.15) is 20.8 Å². The van der Waals surface area contributed by atoms with E-state index in [1.165, 1.54) is 5.82 Å². The average Bonchev–Trinajstić information content (AvgIpc) is 2.37. The standard InChI is InChI=1S/C9H15N3/c1-9(2,3)11-6-7-12-8(11)4-5-10-12/h4-5H,6-7H2,1-3H3. The first kappa shape index (κ1) is 7.65. The number of hydrogen-bond donors (Lipinski definition) is 0. The quantitative estimate of drug-likeness (QED) is 0.581. The Balaban J connectivity index is 2.34. The van der Waals surface area contributed by atoms with Crippen LogP contribution in [0.25, 0.3) is 0 Å². The normalized spacial score (nSPS) is 16.8. The first-order valence-corrected chi connectivity index (χ1v) is 4.38. The molecule has 1 aliphatic rings. The fraction of sp³-hybridized carbons (Fsp3) is 0.667. The highest BCUT2D eigenvalue weighted by Gasteiger charge is 2.28. The third kappa shape index (κ3) is 1.00. The van der Waals surface area contributed by atoms with Crippen LogP contribution in [0.4, 0.5) is 5.82 Å². The lowest BCUT2D eigenvalue weighted by atomic mass is 10.1. The summed E-state index contributed by atoms with van der Waals surface area (Å²) in [4.78, 5) is 2.39. The van der Waals surface area contributed by atoms with Gasteiger partial charge in [0.05, 0.1) is 12.7 Å². The van der Waals surface area contributed by atoms with E-state index >= 15 is 0 Å². The van der Waals surface area contributed by atoms with Gasteiger partial charge >= 0.3 is 0 Å². The molecule has 1 aromatic heterocycles. The summed E-state index contributed by atoms with van der Waals surface area (Å²) in [7, 11) is 0. The molecule has 0 amide bonds. The molecule has 1 aromatic rings. The molecule has 0 saturated carbocycles. The third-order valence-corrected chi connectivity index (χ3v) is 2.32. The molecule has 0 fully saturated rings. The molecule has 0 unspecified atom stereocenters. The second kappa shape index (κ2) is 2.25. The van der Waals surface area contributed by atoms with E-state index in [1.807, 2.05) is 6.20 Å². The highest BCUT2D eigenvalue weighted by atomic mass is 15.4. The van der Waals surface area contributed by atoms with Crippen LogP contribution >= 0.6 is 0 Å². The first-order chi connectivity index (χ1) is 5.59. The van der Waals surface area contributed by atoms with E-state index in [-0.39, 0.29) is 5.54 Å². The van der Waals surface area contributed by atoms with E-state index in [4.69, 9.17) is 0 Å². The Bertz CT molecular complexity index is 282. The molecule has 0 atom stereocenters. The summed E-state index contributed by atoms with van der Waals surface area (Å²) in [6.07, 6.45) is 1.87. The maximum atomic E-state index is 4.24. The minimum Gasteiger partial charge on any atom is -0.350 e. The van der Waals surface area contributed by atoms with Gasteiger partial charge in [-0.3, -0.25) is 0 Å². The topological polar surface area (TPSA) is 21.1 Å². The SMILES string of the molecule is CC(C)(C)N1CCn2nccc21. The Hall–Kier alpha value is -0.990. The Labute approximate surface area is 73.0 Å². The van der Waals surface area contributed by atoms with Crippen LogP contribution in [-0.4, -0.2) is 21.9 Å². The Morgan fingerprint density at radius 2 is 2.08 bits per heavy atom. The summed E-state index contributed by atoms with van der Waals surface area (Å²) >= 11 is 0. The minimum absolute atomic E-state index is 0.217. The van der Waals surface area contributed by atoms with Gasteiger partial charge in [-0.15, -0.1) is 0 Å².